The van der Waals surface area contributed by atoms with Crippen LogP contribution in [0.2, 0.25) is 0 Å². The highest BCUT2D eigenvalue weighted by Gasteiger charge is 2.44. The van der Waals surface area contributed by atoms with Crippen LogP contribution in [-0.4, -0.2) is 100 Å². The van der Waals surface area contributed by atoms with Gasteiger partial charge in [-0.2, -0.15) is 0 Å². The molecular weight excluding hydrogens is 955 g/mol. The lowest BCUT2D eigenvalue weighted by Crippen LogP contribution is -2.60. The molecule has 1 amide bonds. The van der Waals surface area contributed by atoms with Gasteiger partial charge in [0.05, 0.1) is 32.0 Å². The van der Waals surface area contributed by atoms with Crippen molar-refractivity contribution in [2.75, 3.05) is 19.8 Å². The van der Waals surface area contributed by atoms with E-state index in [1.807, 2.05) is 6.08 Å². The zero-order valence-corrected chi connectivity index (χ0v) is 49.7. The van der Waals surface area contributed by atoms with Crippen molar-refractivity contribution in [1.82, 2.24) is 5.32 Å². The number of hydrogen-bond donors (Lipinski definition) is 6. The lowest BCUT2D eigenvalue weighted by molar-refractivity contribution is -0.302. The van der Waals surface area contributed by atoms with Crippen LogP contribution in [0.25, 0.3) is 0 Å². The van der Waals surface area contributed by atoms with Crippen molar-refractivity contribution in [3.05, 3.63) is 12.2 Å². The highest BCUT2D eigenvalue weighted by Crippen LogP contribution is 2.23. The van der Waals surface area contributed by atoms with Crippen molar-refractivity contribution < 1.29 is 49.3 Å². The number of carbonyl (C=O) groups excluding carboxylic acids is 2. The molecule has 1 rings (SSSR count). The molecule has 0 aromatic heterocycles. The predicted molar refractivity (Wildman–Crippen MR) is 315 cm³/mol. The summed E-state index contributed by atoms with van der Waals surface area (Å²) < 4.78 is 16.7. The van der Waals surface area contributed by atoms with Crippen molar-refractivity contribution in [3.63, 3.8) is 0 Å². The number of amides is 1. The van der Waals surface area contributed by atoms with E-state index in [2.05, 4.69) is 19.2 Å². The molecule has 0 radical (unpaired) electrons. The van der Waals surface area contributed by atoms with Gasteiger partial charge in [0, 0.05) is 12.8 Å². The van der Waals surface area contributed by atoms with Crippen molar-refractivity contribution in [2.24, 2.45) is 0 Å². The maximum Gasteiger partial charge on any atom is 0.305 e. The third-order valence-corrected chi connectivity index (χ3v) is 15.9. The van der Waals surface area contributed by atoms with E-state index in [9.17, 15) is 35.1 Å². The van der Waals surface area contributed by atoms with Gasteiger partial charge in [0.25, 0.3) is 0 Å². The van der Waals surface area contributed by atoms with Crippen LogP contribution in [0.4, 0.5) is 0 Å². The molecule has 1 heterocycles. The number of nitrogens with one attached hydrogen (secondary N) is 1. The van der Waals surface area contributed by atoms with Gasteiger partial charge >= 0.3 is 5.97 Å². The van der Waals surface area contributed by atoms with E-state index in [1.165, 1.54) is 244 Å². The number of aliphatic hydroxyl groups is 5. The molecular formula is C65H125NO10. The second-order valence-corrected chi connectivity index (χ2v) is 23.2. The second kappa shape index (κ2) is 55.3. The topological polar surface area (TPSA) is 175 Å². The summed E-state index contributed by atoms with van der Waals surface area (Å²) in [5, 5.41) is 54.2. The van der Waals surface area contributed by atoms with Gasteiger partial charge in [-0.3, -0.25) is 9.59 Å². The zero-order chi connectivity index (χ0) is 55.2. The molecule has 1 saturated heterocycles. The minimum atomic E-state index is -1.57. The quantitative estimate of drug-likeness (QED) is 0.0195. The van der Waals surface area contributed by atoms with Gasteiger partial charge in [-0.05, 0) is 32.1 Å². The standard InChI is InChI=1S/C65H125NO10/c1-3-5-7-9-11-13-14-15-16-17-24-27-30-33-37-41-45-49-53-61(70)74-54-50-46-42-38-34-31-28-25-22-20-18-19-21-23-26-29-32-36-40-44-48-52-60(69)66-57(58(68)51-47-43-39-35-12-10-8-6-4-2)56-75-65-64(73)63(72)62(71)59(55-67)76-65/h47,51,57-59,62-65,67-68,71-73H,3-46,48-50,52-56H2,1-2H3,(H,66,69)/b51-47+. The van der Waals surface area contributed by atoms with E-state index in [0.717, 1.165) is 57.8 Å². The number of esters is 1. The minimum Gasteiger partial charge on any atom is -0.466 e. The Labute approximate surface area is 468 Å². The van der Waals surface area contributed by atoms with E-state index >= 15 is 0 Å². The Morgan fingerprint density at radius 2 is 0.829 bits per heavy atom. The van der Waals surface area contributed by atoms with Crippen LogP contribution >= 0.6 is 0 Å². The fourth-order valence-corrected chi connectivity index (χ4v) is 10.7. The number of aliphatic hydroxyl groups excluding tert-OH is 5. The average Bonchev–Trinajstić information content (AvgIpc) is 3.42. The summed E-state index contributed by atoms with van der Waals surface area (Å²) in [6, 6.07) is -0.808. The SMILES string of the molecule is CCCCCCCCC/C=C/C(O)C(COC1OC(CO)C(O)C(O)C1O)NC(=O)CCCCCCCCCCCCCCCCCCCCCCCOC(=O)CCCCCCCCCCCCCCCCCCCC. The van der Waals surface area contributed by atoms with Gasteiger partial charge in [0.1, 0.15) is 24.4 Å². The molecule has 0 bridgehead atoms. The van der Waals surface area contributed by atoms with Gasteiger partial charge < -0.3 is 45.1 Å². The summed E-state index contributed by atoms with van der Waals surface area (Å²) in [5.74, 6) is -0.179. The van der Waals surface area contributed by atoms with E-state index in [1.54, 1.807) is 6.08 Å². The van der Waals surface area contributed by atoms with Crippen LogP contribution < -0.4 is 5.32 Å². The molecule has 11 heteroatoms. The Morgan fingerprint density at radius 3 is 1.22 bits per heavy atom. The molecule has 1 aliphatic heterocycles. The molecule has 0 aromatic carbocycles. The first kappa shape index (κ1) is 72.4. The third kappa shape index (κ3) is 44.2. The maximum atomic E-state index is 13.0. The molecule has 0 aliphatic carbocycles. The van der Waals surface area contributed by atoms with Crippen LogP contribution in [0.5, 0.6) is 0 Å². The van der Waals surface area contributed by atoms with Gasteiger partial charge in [0.15, 0.2) is 6.29 Å². The molecule has 0 spiro atoms. The first-order chi connectivity index (χ1) is 37.2. The average molecular weight is 1080 g/mol. The van der Waals surface area contributed by atoms with Crippen LogP contribution in [0.3, 0.4) is 0 Å². The number of rotatable bonds is 58. The van der Waals surface area contributed by atoms with Crippen LogP contribution in [0.1, 0.15) is 328 Å². The molecule has 7 atom stereocenters. The summed E-state index contributed by atoms with van der Waals surface area (Å²) in [6.45, 7) is 4.34. The maximum absolute atomic E-state index is 13.0. The summed E-state index contributed by atoms with van der Waals surface area (Å²) in [7, 11) is 0. The fourth-order valence-electron chi connectivity index (χ4n) is 10.7. The van der Waals surface area contributed by atoms with Gasteiger partial charge in [-0.1, -0.05) is 296 Å². The highest BCUT2D eigenvalue weighted by molar-refractivity contribution is 5.76. The van der Waals surface area contributed by atoms with E-state index in [0.29, 0.717) is 19.4 Å². The minimum absolute atomic E-state index is 0.00387. The predicted octanol–water partition coefficient (Wildman–Crippen LogP) is 15.9. The summed E-state index contributed by atoms with van der Waals surface area (Å²) >= 11 is 0. The zero-order valence-electron chi connectivity index (χ0n) is 49.7. The van der Waals surface area contributed by atoms with Crippen LogP contribution in [0.15, 0.2) is 12.2 Å². The third-order valence-electron chi connectivity index (χ3n) is 15.9. The normalized spacial score (nSPS) is 18.6. The van der Waals surface area contributed by atoms with Crippen molar-refractivity contribution in [3.8, 4) is 0 Å². The smallest absolute Gasteiger partial charge is 0.305 e. The second-order valence-electron chi connectivity index (χ2n) is 23.2. The summed E-state index contributed by atoms with van der Waals surface area (Å²) in [6.07, 6.45) is 56.2. The monoisotopic (exact) mass is 1080 g/mol. The molecule has 1 aliphatic rings. The molecule has 7 unspecified atom stereocenters. The number of hydrogen-bond acceptors (Lipinski definition) is 10. The number of carbonyl (C=O) groups is 2. The van der Waals surface area contributed by atoms with Crippen molar-refractivity contribution >= 4 is 11.9 Å². The summed E-state index contributed by atoms with van der Waals surface area (Å²) in [4.78, 5) is 25.1. The first-order valence-electron chi connectivity index (χ1n) is 33.0. The molecule has 1 fully saturated rings. The van der Waals surface area contributed by atoms with Gasteiger partial charge in [-0.15, -0.1) is 0 Å². The van der Waals surface area contributed by atoms with E-state index < -0.39 is 49.5 Å². The van der Waals surface area contributed by atoms with Crippen molar-refractivity contribution in [1.29, 1.82) is 0 Å². The van der Waals surface area contributed by atoms with Crippen LogP contribution in [0, 0.1) is 0 Å². The van der Waals surface area contributed by atoms with Crippen molar-refractivity contribution in [2.45, 2.75) is 371 Å². The summed E-state index contributed by atoms with van der Waals surface area (Å²) in [5.41, 5.74) is 0. The Morgan fingerprint density at radius 1 is 0.474 bits per heavy atom. The lowest BCUT2D eigenvalue weighted by atomic mass is 9.99. The molecule has 6 N–H and O–H groups in total. The molecule has 0 saturated carbocycles. The fraction of sp³-hybridized carbons (Fsp3) is 0.938. The van der Waals surface area contributed by atoms with Gasteiger partial charge in [0.2, 0.25) is 5.91 Å². The Balaban J connectivity index is 1.94. The van der Waals surface area contributed by atoms with E-state index in [4.69, 9.17) is 14.2 Å². The molecule has 11 nitrogen and oxygen atoms in total. The highest BCUT2D eigenvalue weighted by atomic mass is 16.7. The molecule has 0 aromatic rings. The molecule has 76 heavy (non-hydrogen) atoms. The Bertz CT molecular complexity index is 1270. The first-order valence-corrected chi connectivity index (χ1v) is 33.0. The molecule has 450 valence electrons. The largest absolute Gasteiger partial charge is 0.466 e. The van der Waals surface area contributed by atoms with Crippen LogP contribution in [-0.2, 0) is 23.8 Å². The van der Waals surface area contributed by atoms with Gasteiger partial charge in [-0.25, -0.2) is 0 Å². The number of allylic oxidation sites excluding steroid dienone is 1. The lowest BCUT2D eigenvalue weighted by Gasteiger charge is -2.40. The van der Waals surface area contributed by atoms with E-state index in [-0.39, 0.29) is 18.5 Å². The number of unbranched alkanes of at least 4 members (excludes halogenated alkanes) is 44. The Kier molecular flexibility index (Phi) is 52.7. The number of ether oxygens (including phenoxy) is 3. The Hall–Kier alpha value is -1.60.